The van der Waals surface area contributed by atoms with E-state index in [1.807, 2.05) is 24.3 Å². The quantitative estimate of drug-likeness (QED) is 0.478. The lowest BCUT2D eigenvalue weighted by molar-refractivity contribution is 0.299. The third kappa shape index (κ3) is 4.37. The summed E-state index contributed by atoms with van der Waals surface area (Å²) in [6, 6.07) is 10.8. The maximum absolute atomic E-state index is 10.8. The Balaban J connectivity index is 2.20. The van der Waals surface area contributed by atoms with E-state index in [1.165, 1.54) is 0 Å². The van der Waals surface area contributed by atoms with Gasteiger partial charge >= 0.3 is 0 Å². The molecule has 0 atom stereocenters. The summed E-state index contributed by atoms with van der Waals surface area (Å²) in [4.78, 5) is 0. The average molecular weight is 341 g/mol. The van der Waals surface area contributed by atoms with Crippen LogP contribution in [0.25, 0.3) is 0 Å². The van der Waals surface area contributed by atoms with Crippen molar-refractivity contribution >= 4 is 39.4 Å². The van der Waals surface area contributed by atoms with E-state index in [0.717, 1.165) is 11.3 Å². The van der Waals surface area contributed by atoms with Crippen LogP contribution in [-0.2, 0) is 22.9 Å². The van der Waals surface area contributed by atoms with Crippen molar-refractivity contribution in [3.8, 4) is 0 Å². The van der Waals surface area contributed by atoms with E-state index in [9.17, 15) is 8.42 Å². The summed E-state index contributed by atoms with van der Waals surface area (Å²) in [6.07, 6.45) is 0.607. The van der Waals surface area contributed by atoms with E-state index in [4.69, 9.17) is 22.4 Å². The van der Waals surface area contributed by atoms with Gasteiger partial charge in [0.25, 0.3) is 0 Å². The number of nitrogens with one attached hydrogen (secondary N) is 1. The Morgan fingerprint density at radius 1 is 1.18 bits per heavy atom. The smallest absolute Gasteiger partial charge is 0.144 e. The zero-order valence-corrected chi connectivity index (χ0v) is 13.4. The number of aliphatic hydroxyl groups excluding tert-OH is 1. The minimum Gasteiger partial charge on any atom is -0.397 e. The molecule has 7 heteroatoms. The van der Waals surface area contributed by atoms with Gasteiger partial charge < -0.3 is 16.2 Å². The normalized spacial score (nSPS) is 10.9. The largest absolute Gasteiger partial charge is 0.397 e. The maximum Gasteiger partial charge on any atom is 0.144 e. The van der Waals surface area contributed by atoms with Crippen molar-refractivity contribution < 1.29 is 13.5 Å². The number of halogens is 1. The predicted octanol–water partition coefficient (Wildman–Crippen LogP) is 2.31. The highest BCUT2D eigenvalue weighted by molar-refractivity contribution is 7.71. The first-order valence-electron chi connectivity index (χ1n) is 6.66. The second-order valence-corrected chi connectivity index (χ2v) is 6.21. The van der Waals surface area contributed by atoms with Crippen LogP contribution in [0.1, 0.15) is 11.1 Å². The van der Waals surface area contributed by atoms with Crippen LogP contribution in [0.5, 0.6) is 0 Å². The molecule has 0 saturated heterocycles. The van der Waals surface area contributed by atoms with Gasteiger partial charge in [0, 0.05) is 17.3 Å². The summed E-state index contributed by atoms with van der Waals surface area (Å²) in [5.41, 5.74) is 9.33. The highest BCUT2D eigenvalue weighted by atomic mass is 35.5. The molecular formula is C15H17ClN2O3S. The number of hydrogen-bond acceptors (Lipinski definition) is 5. The molecular weight excluding hydrogens is 324 g/mol. The van der Waals surface area contributed by atoms with Crippen LogP contribution >= 0.6 is 11.6 Å². The maximum atomic E-state index is 10.8. The fourth-order valence-electron chi connectivity index (χ4n) is 2.05. The van der Waals surface area contributed by atoms with Gasteiger partial charge in [0.05, 0.1) is 17.1 Å². The molecule has 0 aliphatic heterocycles. The molecule has 2 aromatic rings. The molecule has 4 N–H and O–H groups in total. The second kappa shape index (κ2) is 7.49. The number of nitrogens with two attached hydrogens (primary N) is 1. The molecule has 2 rings (SSSR count). The van der Waals surface area contributed by atoms with Crippen LogP contribution < -0.4 is 11.1 Å². The first kappa shape index (κ1) is 16.6. The molecule has 0 aromatic heterocycles. The lowest BCUT2D eigenvalue weighted by Crippen LogP contribution is -1.99. The van der Waals surface area contributed by atoms with Crippen molar-refractivity contribution in [2.45, 2.75) is 12.2 Å². The zero-order valence-electron chi connectivity index (χ0n) is 11.8. The van der Waals surface area contributed by atoms with Gasteiger partial charge in [-0.25, -0.2) is 8.42 Å². The lowest BCUT2D eigenvalue weighted by Gasteiger charge is -2.12. The molecule has 0 amide bonds. The number of thiol groups is 1. The summed E-state index contributed by atoms with van der Waals surface area (Å²) in [5, 5.41) is 12.4. The van der Waals surface area contributed by atoms with Crippen molar-refractivity contribution in [2.75, 3.05) is 17.7 Å². The number of anilines is 3. The van der Waals surface area contributed by atoms with Crippen molar-refractivity contribution in [3.63, 3.8) is 0 Å². The van der Waals surface area contributed by atoms with Gasteiger partial charge in [-0.15, -0.1) is 0 Å². The highest BCUT2D eigenvalue weighted by Gasteiger charge is 2.08. The molecule has 0 spiro atoms. The summed E-state index contributed by atoms with van der Waals surface area (Å²) < 4.78 is 21.6. The third-order valence-electron chi connectivity index (χ3n) is 3.15. The van der Waals surface area contributed by atoms with Crippen molar-refractivity contribution in [3.05, 3.63) is 52.5 Å². The molecule has 0 heterocycles. The molecule has 22 heavy (non-hydrogen) atoms. The Morgan fingerprint density at radius 3 is 2.45 bits per heavy atom. The van der Waals surface area contributed by atoms with E-state index < -0.39 is 10.7 Å². The van der Waals surface area contributed by atoms with E-state index in [-0.39, 0.29) is 12.4 Å². The zero-order chi connectivity index (χ0) is 16.1. The van der Waals surface area contributed by atoms with Crippen molar-refractivity contribution in [1.82, 2.24) is 0 Å². The van der Waals surface area contributed by atoms with Crippen molar-refractivity contribution in [1.29, 1.82) is 0 Å². The number of nitrogen functional groups attached to an aromatic ring is 1. The molecule has 0 fully saturated rings. The van der Waals surface area contributed by atoms with Crippen LogP contribution in [0.15, 0.2) is 36.4 Å². The van der Waals surface area contributed by atoms with Gasteiger partial charge in [0.15, 0.2) is 0 Å². The van der Waals surface area contributed by atoms with Gasteiger partial charge in [-0.2, -0.15) is 0 Å². The summed E-state index contributed by atoms with van der Waals surface area (Å²) in [6.45, 7) is 0.110. The SMILES string of the molecule is Nc1cc(C[SH](=O)=O)c(Cl)cc1Nc1ccc(CCO)cc1. The standard InChI is InChI=1S/C15H17ClN2O3S/c16-13-8-15(14(17)7-11(13)9-22(20)21)18-12-3-1-10(2-4-12)5-6-19/h1-4,7-8,18-19,22H,5-6,9,17H2. The van der Waals surface area contributed by atoms with Crippen LogP contribution in [0, 0.1) is 0 Å². The Bertz CT molecular complexity index is 722. The molecule has 0 unspecified atom stereocenters. The Hall–Kier alpha value is -1.76. The number of aliphatic hydroxyl groups is 1. The van der Waals surface area contributed by atoms with Crippen LogP contribution in [0.2, 0.25) is 5.02 Å². The minimum absolute atomic E-state index is 0.110. The van der Waals surface area contributed by atoms with Gasteiger partial charge in [-0.05, 0) is 41.8 Å². The Morgan fingerprint density at radius 2 is 1.86 bits per heavy atom. The number of benzene rings is 2. The van der Waals surface area contributed by atoms with Crippen LogP contribution in [-0.4, -0.2) is 20.1 Å². The van der Waals surface area contributed by atoms with Gasteiger partial charge in [0.1, 0.15) is 10.7 Å². The predicted molar refractivity (Wildman–Crippen MR) is 90.4 cm³/mol. The molecule has 118 valence electrons. The summed E-state index contributed by atoms with van der Waals surface area (Å²) in [5.74, 6) is -0.130. The molecule has 0 aliphatic carbocycles. The number of hydrogen-bond donors (Lipinski definition) is 4. The monoisotopic (exact) mass is 340 g/mol. The molecule has 5 nitrogen and oxygen atoms in total. The number of rotatable bonds is 6. The van der Waals surface area contributed by atoms with E-state index in [2.05, 4.69) is 5.32 Å². The molecule has 0 bridgehead atoms. The van der Waals surface area contributed by atoms with E-state index in [0.29, 0.717) is 28.4 Å². The summed E-state index contributed by atoms with van der Waals surface area (Å²) in [7, 11) is -2.55. The van der Waals surface area contributed by atoms with Gasteiger partial charge in [-0.1, -0.05) is 23.7 Å². The van der Waals surface area contributed by atoms with Crippen LogP contribution in [0.4, 0.5) is 17.1 Å². The van der Waals surface area contributed by atoms with Gasteiger partial charge in [0.2, 0.25) is 0 Å². The van der Waals surface area contributed by atoms with E-state index in [1.54, 1.807) is 12.1 Å². The minimum atomic E-state index is -2.55. The molecule has 0 saturated carbocycles. The van der Waals surface area contributed by atoms with Gasteiger partial charge in [-0.3, -0.25) is 0 Å². The Kier molecular flexibility index (Phi) is 5.65. The molecule has 0 aliphatic rings. The van der Waals surface area contributed by atoms with Crippen LogP contribution in [0.3, 0.4) is 0 Å². The van der Waals surface area contributed by atoms with Crippen molar-refractivity contribution in [2.24, 2.45) is 0 Å². The first-order valence-corrected chi connectivity index (χ1v) is 8.40. The first-order chi connectivity index (χ1) is 10.5. The fourth-order valence-corrected chi connectivity index (χ4v) is 2.91. The third-order valence-corrected chi connectivity index (χ3v) is 4.10. The fraction of sp³-hybridized carbons (Fsp3) is 0.200. The Labute approximate surface area is 135 Å². The van der Waals surface area contributed by atoms with E-state index >= 15 is 0 Å². The summed E-state index contributed by atoms with van der Waals surface area (Å²) >= 11 is 6.09. The lowest BCUT2D eigenvalue weighted by atomic mass is 10.1. The highest BCUT2D eigenvalue weighted by Crippen LogP contribution is 2.30. The molecule has 0 radical (unpaired) electrons. The average Bonchev–Trinajstić information content (AvgIpc) is 2.46. The molecule has 2 aromatic carbocycles. The topological polar surface area (TPSA) is 92.4 Å². The second-order valence-electron chi connectivity index (χ2n) is 4.82.